The van der Waals surface area contributed by atoms with Crippen LogP contribution in [-0.4, -0.2) is 80.7 Å². The predicted molar refractivity (Wildman–Crippen MR) is 182 cm³/mol. The van der Waals surface area contributed by atoms with Crippen molar-refractivity contribution in [1.29, 1.82) is 0 Å². The molecule has 2 aromatic rings. The van der Waals surface area contributed by atoms with E-state index in [0.29, 0.717) is 12.8 Å². The summed E-state index contributed by atoms with van der Waals surface area (Å²) >= 11 is 1.43. The fourth-order valence-corrected chi connectivity index (χ4v) is 5.83. The van der Waals surface area contributed by atoms with Crippen molar-refractivity contribution in [1.82, 2.24) is 36.6 Å². The number of carbonyl (C=O) groups is 5. The number of rotatable bonds is 19. The molecule has 2 heterocycles. The third-order valence-electron chi connectivity index (χ3n) is 7.71. The van der Waals surface area contributed by atoms with Gasteiger partial charge in [0.15, 0.2) is 0 Å². The van der Waals surface area contributed by atoms with Gasteiger partial charge in [-0.25, -0.2) is 9.78 Å². The molecule has 7 N–H and O–H groups in total. The lowest BCUT2D eigenvalue weighted by molar-refractivity contribution is -0.133. The number of aliphatic hydroxyl groups is 1. The van der Waals surface area contributed by atoms with E-state index in [-0.39, 0.29) is 37.3 Å². The van der Waals surface area contributed by atoms with Crippen LogP contribution in [0.5, 0.6) is 0 Å². The van der Waals surface area contributed by atoms with Gasteiger partial charge in [-0.1, -0.05) is 41.5 Å². The van der Waals surface area contributed by atoms with Crippen molar-refractivity contribution in [3.8, 4) is 0 Å². The van der Waals surface area contributed by atoms with Crippen molar-refractivity contribution in [2.75, 3.05) is 6.54 Å². The summed E-state index contributed by atoms with van der Waals surface area (Å²) in [5, 5.41) is 36.2. The number of aliphatic hydroxyl groups excluding tert-OH is 1. The first-order chi connectivity index (χ1) is 22.6. The van der Waals surface area contributed by atoms with Gasteiger partial charge in [0.05, 0.1) is 23.7 Å². The Labute approximate surface area is 286 Å². The lowest BCUT2D eigenvalue weighted by Crippen LogP contribution is -2.57. The molecule has 0 aliphatic carbocycles. The van der Waals surface area contributed by atoms with E-state index in [1.807, 2.05) is 40.0 Å². The lowest BCUT2D eigenvalue weighted by atomic mass is 9.91. The number of aromatic nitrogens is 2. The molecule has 0 aliphatic rings. The number of carboxylic acid groups (broad SMARTS) is 1. The van der Waals surface area contributed by atoms with Gasteiger partial charge in [0, 0.05) is 48.3 Å². The highest BCUT2D eigenvalue weighted by Crippen LogP contribution is 2.18. The fraction of sp³-hybridized carbons (Fsp3) is 0.606. The summed E-state index contributed by atoms with van der Waals surface area (Å²) in [6.07, 6.45) is 1.40. The van der Waals surface area contributed by atoms with Gasteiger partial charge in [0.2, 0.25) is 23.6 Å². The molecule has 6 atom stereocenters. The first kappa shape index (κ1) is 40.1. The van der Waals surface area contributed by atoms with Crippen LogP contribution >= 0.6 is 11.3 Å². The smallest absolute Gasteiger partial charge is 0.404 e. The van der Waals surface area contributed by atoms with E-state index in [0.717, 1.165) is 16.3 Å². The molecule has 0 aromatic carbocycles. The topological polar surface area (TPSA) is 212 Å². The second-order valence-electron chi connectivity index (χ2n) is 13.0. The van der Waals surface area contributed by atoms with Gasteiger partial charge in [-0.2, -0.15) is 0 Å². The first-order valence-corrected chi connectivity index (χ1v) is 17.1. The van der Waals surface area contributed by atoms with E-state index in [1.54, 1.807) is 38.4 Å². The van der Waals surface area contributed by atoms with Gasteiger partial charge < -0.3 is 36.8 Å². The highest BCUT2D eigenvalue weighted by molar-refractivity contribution is 7.09. The van der Waals surface area contributed by atoms with Crippen molar-refractivity contribution in [2.24, 2.45) is 23.7 Å². The van der Waals surface area contributed by atoms with Crippen LogP contribution in [0.15, 0.2) is 29.9 Å². The van der Waals surface area contributed by atoms with Crippen LogP contribution in [-0.2, 0) is 32.1 Å². The number of pyridine rings is 1. The quantitative estimate of drug-likeness (QED) is 0.115. The van der Waals surface area contributed by atoms with E-state index >= 15 is 0 Å². The van der Waals surface area contributed by atoms with Crippen LogP contribution in [0.4, 0.5) is 4.79 Å². The summed E-state index contributed by atoms with van der Waals surface area (Å²) in [7, 11) is 0. The molecule has 48 heavy (non-hydrogen) atoms. The zero-order valence-electron chi connectivity index (χ0n) is 28.8. The summed E-state index contributed by atoms with van der Waals surface area (Å²) in [6.45, 7) is 12.5. The van der Waals surface area contributed by atoms with Crippen LogP contribution in [0.3, 0.4) is 0 Å². The van der Waals surface area contributed by atoms with E-state index in [9.17, 15) is 34.2 Å². The molecule has 266 valence electrons. The number of carbonyl (C=O) groups excluding carboxylic acids is 4. The van der Waals surface area contributed by atoms with E-state index in [1.165, 1.54) is 11.3 Å². The van der Waals surface area contributed by atoms with Crippen molar-refractivity contribution < 1.29 is 34.2 Å². The van der Waals surface area contributed by atoms with Gasteiger partial charge in [0.25, 0.3) is 0 Å². The van der Waals surface area contributed by atoms with Crippen molar-refractivity contribution in [3.05, 3.63) is 46.2 Å². The minimum atomic E-state index is -1.36. The van der Waals surface area contributed by atoms with Gasteiger partial charge in [-0.05, 0) is 49.3 Å². The molecule has 0 unspecified atom stereocenters. The molecule has 0 aliphatic heterocycles. The Hall–Kier alpha value is -4.11. The van der Waals surface area contributed by atoms with E-state index in [4.69, 9.17) is 0 Å². The third kappa shape index (κ3) is 13.9. The molecular formula is C33H51N7O7S. The molecule has 0 fully saturated rings. The zero-order valence-corrected chi connectivity index (χ0v) is 29.6. The third-order valence-corrected chi connectivity index (χ3v) is 8.70. The van der Waals surface area contributed by atoms with Gasteiger partial charge in [-0.3, -0.25) is 24.2 Å². The van der Waals surface area contributed by atoms with Gasteiger partial charge in [-0.15, -0.1) is 11.3 Å². The molecule has 0 saturated carbocycles. The second kappa shape index (κ2) is 19.6. The number of aryl methyl sites for hydroxylation is 1. The number of hydrogen-bond donors (Lipinski definition) is 7. The van der Waals surface area contributed by atoms with Crippen molar-refractivity contribution >= 4 is 41.1 Å². The Bertz CT molecular complexity index is 1350. The normalized spacial score (nSPS) is 15.0. The Morgan fingerprint density at radius 3 is 2.04 bits per heavy atom. The van der Waals surface area contributed by atoms with Crippen LogP contribution < -0.4 is 26.6 Å². The highest BCUT2D eigenvalue weighted by Gasteiger charge is 2.32. The number of hydrogen-bond acceptors (Lipinski definition) is 9. The fourth-order valence-electron chi connectivity index (χ4n) is 4.93. The minimum absolute atomic E-state index is 0.0262. The Morgan fingerprint density at radius 2 is 1.48 bits per heavy atom. The van der Waals surface area contributed by atoms with Crippen LogP contribution in [0, 0.1) is 30.6 Å². The van der Waals surface area contributed by atoms with Gasteiger partial charge in [0.1, 0.15) is 12.1 Å². The highest BCUT2D eigenvalue weighted by atomic mass is 32.1. The average molecular weight is 690 g/mol. The molecule has 5 amide bonds. The van der Waals surface area contributed by atoms with E-state index in [2.05, 4.69) is 36.6 Å². The summed E-state index contributed by atoms with van der Waals surface area (Å²) in [5.41, 5.74) is 1.71. The number of nitrogens with one attached hydrogen (secondary N) is 5. The number of thiazole rings is 1. The average Bonchev–Trinajstić information content (AvgIpc) is 3.43. The molecule has 2 rings (SSSR count). The first-order valence-electron chi connectivity index (χ1n) is 16.2. The van der Waals surface area contributed by atoms with Crippen LogP contribution in [0.2, 0.25) is 0 Å². The molecule has 2 aromatic heterocycles. The molecule has 0 bridgehead atoms. The summed E-state index contributed by atoms with van der Waals surface area (Å²) in [4.78, 5) is 72.2. The molecule has 14 nitrogen and oxygen atoms in total. The number of amides is 5. The minimum Gasteiger partial charge on any atom is -0.465 e. The summed E-state index contributed by atoms with van der Waals surface area (Å²) in [6, 6.07) is 0.691. The molecule has 0 saturated heterocycles. The standard InChI is InChI=1S/C33H51N7O7S/c1-18(2)12-24(38-31(44)25(16-36-33(46)47)39-29(42)21(6)14-27-37-22(7)17-48-27)26(41)13-20(5)30(43)40-28(19(3)4)32(45)35-15-23-8-10-34-11-9-23/h8-11,17-21,24-26,28,36,41H,12-16H2,1-7H3,(H,35,45)(H,38,44)(H,39,42)(H,40,43)(H,46,47)/t20-,21+,24+,25+,26-,28+/m1/s1. The van der Waals surface area contributed by atoms with Crippen molar-refractivity contribution in [3.63, 3.8) is 0 Å². The Balaban J connectivity index is 2.07. The van der Waals surface area contributed by atoms with Crippen LogP contribution in [0.1, 0.15) is 70.6 Å². The SMILES string of the molecule is Cc1csc(C[C@H](C)C(=O)N[C@@H](CNC(=O)O)C(=O)N[C@@H](CC(C)C)[C@H](O)C[C@@H](C)C(=O)N[C@H](C(=O)NCc2ccncc2)C(C)C)n1. The largest absolute Gasteiger partial charge is 0.465 e. The maximum Gasteiger partial charge on any atom is 0.404 e. The summed E-state index contributed by atoms with van der Waals surface area (Å²) < 4.78 is 0. The van der Waals surface area contributed by atoms with Gasteiger partial charge >= 0.3 is 6.09 Å². The Morgan fingerprint density at radius 1 is 0.833 bits per heavy atom. The maximum absolute atomic E-state index is 13.4. The summed E-state index contributed by atoms with van der Waals surface area (Å²) in [5.74, 6) is -3.34. The monoisotopic (exact) mass is 689 g/mol. The second-order valence-corrected chi connectivity index (χ2v) is 13.9. The molecular weight excluding hydrogens is 638 g/mol. The number of nitrogens with zero attached hydrogens (tertiary/aromatic N) is 2. The molecule has 0 spiro atoms. The van der Waals surface area contributed by atoms with E-state index < -0.39 is 59.9 Å². The molecule has 0 radical (unpaired) electrons. The lowest BCUT2D eigenvalue weighted by Gasteiger charge is -2.30. The predicted octanol–water partition coefficient (Wildman–Crippen LogP) is 2.15. The van der Waals surface area contributed by atoms with Crippen molar-refractivity contribution in [2.45, 2.75) is 98.5 Å². The Kier molecular flexibility index (Phi) is 16.4. The molecule has 15 heteroatoms. The maximum atomic E-state index is 13.4. The zero-order chi connectivity index (χ0) is 36.0. The van der Waals surface area contributed by atoms with Crippen LogP contribution in [0.25, 0.3) is 0 Å².